The first kappa shape index (κ1) is 14.4. The third kappa shape index (κ3) is 3.43. The predicted octanol–water partition coefficient (Wildman–Crippen LogP) is -0.196. The first-order valence-corrected chi connectivity index (χ1v) is 5.58. The van der Waals surface area contributed by atoms with Gasteiger partial charge in [0.25, 0.3) is 0 Å². The summed E-state index contributed by atoms with van der Waals surface area (Å²) in [6, 6.07) is 5.05. The van der Waals surface area contributed by atoms with Crippen LogP contribution in [-0.2, 0) is 4.79 Å². The Hall–Kier alpha value is -1.63. The van der Waals surface area contributed by atoms with E-state index in [9.17, 15) is 15.0 Å². The number of hydrogen-bond acceptors (Lipinski definition) is 5. The molecule has 0 aliphatic carbocycles. The standard InChI is InChI=1S/C12H17NO5/c14-7-5-13(6-8-15)11(12(17)18)9-3-1-2-4-10(9)16/h1-4,11,14-16H,5-8H2,(H,17,18). The number of phenolic OH excluding ortho intramolecular Hbond substituents is 1. The number of phenols is 1. The van der Waals surface area contributed by atoms with Crippen LogP contribution in [0.15, 0.2) is 24.3 Å². The molecule has 1 aromatic carbocycles. The Morgan fingerprint density at radius 1 is 1.17 bits per heavy atom. The highest BCUT2D eigenvalue weighted by molar-refractivity contribution is 5.76. The molecule has 1 unspecified atom stereocenters. The van der Waals surface area contributed by atoms with Crippen LogP contribution < -0.4 is 0 Å². The number of carboxylic acids is 1. The van der Waals surface area contributed by atoms with E-state index in [1.54, 1.807) is 12.1 Å². The van der Waals surface area contributed by atoms with Gasteiger partial charge in [0, 0.05) is 18.7 Å². The van der Waals surface area contributed by atoms with E-state index < -0.39 is 12.0 Å². The fourth-order valence-corrected chi connectivity index (χ4v) is 1.83. The summed E-state index contributed by atoms with van der Waals surface area (Å²) in [5, 5.41) is 36.8. The van der Waals surface area contributed by atoms with Gasteiger partial charge in [0.2, 0.25) is 0 Å². The Morgan fingerprint density at radius 3 is 2.17 bits per heavy atom. The van der Waals surface area contributed by atoms with Crippen LogP contribution >= 0.6 is 0 Å². The lowest BCUT2D eigenvalue weighted by Gasteiger charge is -2.28. The van der Waals surface area contributed by atoms with E-state index in [2.05, 4.69) is 0 Å². The first-order chi connectivity index (χ1) is 8.61. The van der Waals surface area contributed by atoms with Crippen molar-refractivity contribution in [3.63, 3.8) is 0 Å². The van der Waals surface area contributed by atoms with Crippen LogP contribution in [0.3, 0.4) is 0 Å². The lowest BCUT2D eigenvalue weighted by molar-refractivity contribution is -0.144. The van der Waals surface area contributed by atoms with Crippen molar-refractivity contribution >= 4 is 5.97 Å². The van der Waals surface area contributed by atoms with Crippen LogP contribution in [0, 0.1) is 0 Å². The highest BCUT2D eigenvalue weighted by Crippen LogP contribution is 2.28. The van der Waals surface area contributed by atoms with Crippen molar-refractivity contribution in [1.29, 1.82) is 0 Å². The fourth-order valence-electron chi connectivity index (χ4n) is 1.83. The zero-order chi connectivity index (χ0) is 13.5. The molecular formula is C12H17NO5. The average Bonchev–Trinajstić information content (AvgIpc) is 2.32. The molecule has 1 rings (SSSR count). The summed E-state index contributed by atoms with van der Waals surface area (Å²) in [6.07, 6.45) is 0. The van der Waals surface area contributed by atoms with Gasteiger partial charge in [-0.05, 0) is 6.07 Å². The first-order valence-electron chi connectivity index (χ1n) is 5.58. The normalized spacial score (nSPS) is 12.6. The van der Waals surface area contributed by atoms with Crippen molar-refractivity contribution in [3.05, 3.63) is 29.8 Å². The molecule has 100 valence electrons. The number of aliphatic hydroxyl groups excluding tert-OH is 2. The van der Waals surface area contributed by atoms with Gasteiger partial charge in [-0.1, -0.05) is 18.2 Å². The molecule has 0 saturated carbocycles. The highest BCUT2D eigenvalue weighted by atomic mass is 16.4. The smallest absolute Gasteiger partial charge is 0.325 e. The maximum Gasteiger partial charge on any atom is 0.325 e. The second kappa shape index (κ2) is 6.95. The number of rotatable bonds is 7. The molecule has 0 aliphatic rings. The van der Waals surface area contributed by atoms with E-state index in [4.69, 9.17) is 10.2 Å². The minimum absolute atomic E-state index is 0.103. The molecular weight excluding hydrogens is 238 g/mol. The minimum atomic E-state index is -1.14. The van der Waals surface area contributed by atoms with E-state index in [1.807, 2.05) is 0 Å². The van der Waals surface area contributed by atoms with Crippen molar-refractivity contribution in [1.82, 2.24) is 4.90 Å². The molecule has 4 N–H and O–H groups in total. The maximum atomic E-state index is 11.3. The van der Waals surface area contributed by atoms with Crippen molar-refractivity contribution in [2.75, 3.05) is 26.3 Å². The zero-order valence-corrected chi connectivity index (χ0v) is 9.86. The van der Waals surface area contributed by atoms with Crippen LogP contribution in [0.5, 0.6) is 5.75 Å². The van der Waals surface area contributed by atoms with Gasteiger partial charge in [-0.2, -0.15) is 0 Å². The van der Waals surface area contributed by atoms with Crippen molar-refractivity contribution in [2.24, 2.45) is 0 Å². The number of benzene rings is 1. The van der Waals surface area contributed by atoms with Gasteiger partial charge < -0.3 is 20.4 Å². The average molecular weight is 255 g/mol. The van der Waals surface area contributed by atoms with Gasteiger partial charge >= 0.3 is 5.97 Å². The van der Waals surface area contributed by atoms with E-state index in [1.165, 1.54) is 17.0 Å². The number of aromatic hydroxyl groups is 1. The molecule has 0 radical (unpaired) electrons. The summed E-state index contributed by atoms with van der Waals surface area (Å²) in [5.74, 6) is -1.26. The van der Waals surface area contributed by atoms with E-state index in [0.29, 0.717) is 0 Å². The summed E-state index contributed by atoms with van der Waals surface area (Å²) >= 11 is 0. The van der Waals surface area contributed by atoms with E-state index >= 15 is 0 Å². The van der Waals surface area contributed by atoms with E-state index in [0.717, 1.165) is 0 Å². The number of para-hydroxylation sites is 1. The zero-order valence-electron chi connectivity index (χ0n) is 9.86. The van der Waals surface area contributed by atoms with Crippen molar-refractivity contribution < 1.29 is 25.2 Å². The fraction of sp³-hybridized carbons (Fsp3) is 0.417. The Morgan fingerprint density at radius 2 is 1.72 bits per heavy atom. The van der Waals surface area contributed by atoms with Crippen molar-refractivity contribution in [3.8, 4) is 5.75 Å². The number of aliphatic carboxylic acids is 1. The molecule has 0 amide bonds. The molecule has 1 atom stereocenters. The topological polar surface area (TPSA) is 101 Å². The van der Waals surface area contributed by atoms with Crippen LogP contribution in [0.1, 0.15) is 11.6 Å². The Kier molecular flexibility index (Phi) is 5.57. The molecule has 18 heavy (non-hydrogen) atoms. The predicted molar refractivity (Wildman–Crippen MR) is 64.2 cm³/mol. The maximum absolute atomic E-state index is 11.3. The Balaban J connectivity index is 3.07. The van der Waals surface area contributed by atoms with Gasteiger partial charge in [-0.15, -0.1) is 0 Å². The number of aliphatic hydroxyl groups is 2. The number of carbonyl (C=O) groups is 1. The second-order valence-corrected chi connectivity index (χ2v) is 3.78. The van der Waals surface area contributed by atoms with Gasteiger partial charge in [0.05, 0.1) is 13.2 Å². The van der Waals surface area contributed by atoms with Crippen LogP contribution in [0.2, 0.25) is 0 Å². The lowest BCUT2D eigenvalue weighted by Crippen LogP contribution is -2.38. The molecule has 0 spiro atoms. The van der Waals surface area contributed by atoms with Crippen LogP contribution in [-0.4, -0.2) is 57.6 Å². The molecule has 6 heteroatoms. The SMILES string of the molecule is O=C(O)C(c1ccccc1O)N(CCO)CCO. The molecule has 0 fully saturated rings. The Labute approximate surface area is 105 Å². The molecule has 0 heterocycles. The molecule has 0 saturated heterocycles. The van der Waals surface area contributed by atoms with Crippen LogP contribution in [0.4, 0.5) is 0 Å². The molecule has 1 aromatic rings. The van der Waals surface area contributed by atoms with Gasteiger partial charge in [-0.3, -0.25) is 9.69 Å². The monoisotopic (exact) mass is 255 g/mol. The number of carboxylic acid groups (broad SMARTS) is 1. The highest BCUT2D eigenvalue weighted by Gasteiger charge is 2.28. The summed E-state index contributed by atoms with van der Waals surface area (Å²) in [7, 11) is 0. The minimum Gasteiger partial charge on any atom is -0.508 e. The largest absolute Gasteiger partial charge is 0.508 e. The second-order valence-electron chi connectivity index (χ2n) is 3.78. The van der Waals surface area contributed by atoms with Gasteiger partial charge in [-0.25, -0.2) is 0 Å². The summed E-state index contributed by atoms with van der Waals surface area (Å²) in [4.78, 5) is 12.7. The van der Waals surface area contributed by atoms with Crippen molar-refractivity contribution in [2.45, 2.75) is 6.04 Å². The summed E-state index contributed by atoms with van der Waals surface area (Å²) in [6.45, 7) is -0.244. The molecule has 0 aliphatic heterocycles. The van der Waals surface area contributed by atoms with Gasteiger partial charge in [0.1, 0.15) is 11.8 Å². The van der Waals surface area contributed by atoms with Gasteiger partial charge in [0.15, 0.2) is 0 Å². The molecule has 0 bridgehead atoms. The molecule has 0 aromatic heterocycles. The van der Waals surface area contributed by atoms with E-state index in [-0.39, 0.29) is 37.6 Å². The summed E-state index contributed by atoms with van der Waals surface area (Å²) < 4.78 is 0. The number of hydrogen-bond donors (Lipinski definition) is 4. The summed E-state index contributed by atoms with van der Waals surface area (Å²) in [5.41, 5.74) is 0.243. The quantitative estimate of drug-likeness (QED) is 0.538. The lowest BCUT2D eigenvalue weighted by atomic mass is 10.0. The van der Waals surface area contributed by atoms with Crippen LogP contribution in [0.25, 0.3) is 0 Å². The third-order valence-electron chi connectivity index (χ3n) is 2.60. The molecule has 6 nitrogen and oxygen atoms in total. The Bertz CT molecular complexity index is 390. The number of nitrogens with zero attached hydrogens (tertiary/aromatic N) is 1. The third-order valence-corrected chi connectivity index (χ3v) is 2.60.